The lowest BCUT2D eigenvalue weighted by atomic mass is 10.2. The highest BCUT2D eigenvalue weighted by atomic mass is 28.2. The molecule has 0 aliphatic carbocycles. The molecule has 1 aromatic rings. The fourth-order valence-corrected chi connectivity index (χ4v) is 2.04. The number of rotatable bonds is 0. The van der Waals surface area contributed by atoms with E-state index in [0.29, 0.717) is 0 Å². The van der Waals surface area contributed by atoms with E-state index in [1.165, 1.54) is 10.8 Å². The van der Waals surface area contributed by atoms with Crippen LogP contribution in [0.15, 0.2) is 42.1 Å². The first-order chi connectivity index (χ1) is 5.47. The minimum absolute atomic E-state index is 0.823. The minimum Gasteiger partial charge on any atom is -0.0933 e. The van der Waals surface area contributed by atoms with Crippen LogP contribution < -0.4 is 5.19 Å². The zero-order chi connectivity index (χ0) is 7.52. The van der Waals surface area contributed by atoms with Gasteiger partial charge < -0.3 is 0 Å². The maximum absolute atomic E-state index is 2.21. The maximum atomic E-state index is 2.21. The van der Waals surface area contributed by atoms with Crippen molar-refractivity contribution in [3.8, 4) is 0 Å². The average molecular weight is 156 g/mol. The Hall–Kier alpha value is -1.08. The van der Waals surface area contributed by atoms with E-state index in [9.17, 15) is 0 Å². The van der Waals surface area contributed by atoms with Crippen molar-refractivity contribution in [3.63, 3.8) is 0 Å². The first kappa shape index (κ1) is 6.62. The largest absolute Gasteiger partial charge is 0.112 e. The van der Waals surface area contributed by atoms with Crippen LogP contribution in [-0.2, 0) is 0 Å². The zero-order valence-corrected chi connectivity index (χ0v) is 7.12. The predicted molar refractivity (Wildman–Crippen MR) is 50.0 cm³/mol. The molecular formula is C10H8Si. The molecule has 0 unspecified atom stereocenters. The Kier molecular flexibility index (Phi) is 1.74. The van der Waals surface area contributed by atoms with Crippen LogP contribution in [0, 0.1) is 0 Å². The van der Waals surface area contributed by atoms with Gasteiger partial charge in [0.1, 0.15) is 9.52 Å². The summed E-state index contributed by atoms with van der Waals surface area (Å²) in [5.74, 6) is 0. The van der Waals surface area contributed by atoms with Crippen molar-refractivity contribution in [1.29, 1.82) is 0 Å². The smallest absolute Gasteiger partial charge is 0.0933 e. The molecule has 2 rings (SSSR count). The Bertz CT molecular complexity index is 310. The predicted octanol–water partition coefficient (Wildman–Crippen LogP) is 1.56. The van der Waals surface area contributed by atoms with Gasteiger partial charge in [0.25, 0.3) is 0 Å². The molecule has 0 amide bonds. The summed E-state index contributed by atoms with van der Waals surface area (Å²) in [7, 11) is 0.823. The highest BCUT2D eigenvalue weighted by molar-refractivity contribution is 6.59. The highest BCUT2D eigenvalue weighted by Gasteiger charge is 1.97. The quantitative estimate of drug-likeness (QED) is 0.500. The molecule has 0 spiro atoms. The van der Waals surface area contributed by atoms with Crippen LogP contribution in [0.25, 0.3) is 6.08 Å². The number of benzene rings is 1. The van der Waals surface area contributed by atoms with Gasteiger partial charge in [0.15, 0.2) is 0 Å². The molecule has 1 aliphatic heterocycles. The van der Waals surface area contributed by atoms with Crippen molar-refractivity contribution in [2.75, 3.05) is 0 Å². The molecule has 1 heterocycles. The van der Waals surface area contributed by atoms with Gasteiger partial charge in [-0.05, 0) is 5.56 Å². The zero-order valence-electron chi connectivity index (χ0n) is 6.12. The van der Waals surface area contributed by atoms with E-state index in [0.717, 1.165) is 9.52 Å². The molecule has 0 atom stereocenters. The first-order valence-corrected chi connectivity index (χ1v) is 4.73. The SMILES string of the molecule is C1=C[Si]c2ccccc2C=C1. The summed E-state index contributed by atoms with van der Waals surface area (Å²) in [4.78, 5) is 0. The van der Waals surface area contributed by atoms with E-state index in [4.69, 9.17) is 0 Å². The van der Waals surface area contributed by atoms with Gasteiger partial charge in [-0.1, -0.05) is 53.4 Å². The lowest BCUT2D eigenvalue weighted by Crippen LogP contribution is -2.13. The molecular weight excluding hydrogens is 148 g/mol. The van der Waals surface area contributed by atoms with Crippen LogP contribution in [0.4, 0.5) is 0 Å². The molecule has 0 aromatic heterocycles. The Morgan fingerprint density at radius 1 is 1.00 bits per heavy atom. The normalized spacial score (nSPS) is 14.2. The maximum Gasteiger partial charge on any atom is 0.112 e. The third-order valence-electron chi connectivity index (χ3n) is 1.68. The molecule has 0 nitrogen and oxygen atoms in total. The van der Waals surface area contributed by atoms with Gasteiger partial charge in [0, 0.05) is 0 Å². The summed E-state index contributed by atoms with van der Waals surface area (Å²) in [5.41, 5.74) is 3.57. The van der Waals surface area contributed by atoms with Gasteiger partial charge in [-0.25, -0.2) is 0 Å². The number of hydrogen-bond donors (Lipinski definition) is 0. The Labute approximate surface area is 69.1 Å². The number of allylic oxidation sites excluding steroid dienone is 2. The van der Waals surface area contributed by atoms with Crippen LogP contribution in [-0.4, -0.2) is 9.52 Å². The van der Waals surface area contributed by atoms with E-state index in [1.807, 2.05) is 0 Å². The summed E-state index contributed by atoms with van der Waals surface area (Å²) in [6, 6.07) is 8.53. The van der Waals surface area contributed by atoms with Crippen LogP contribution in [0.2, 0.25) is 0 Å². The molecule has 11 heavy (non-hydrogen) atoms. The molecule has 0 saturated heterocycles. The molecule has 0 saturated carbocycles. The Balaban J connectivity index is 2.52. The topological polar surface area (TPSA) is 0 Å². The van der Waals surface area contributed by atoms with E-state index < -0.39 is 0 Å². The summed E-state index contributed by atoms with van der Waals surface area (Å²) < 4.78 is 0. The molecule has 2 radical (unpaired) electrons. The van der Waals surface area contributed by atoms with Gasteiger partial charge in [-0.2, -0.15) is 0 Å². The molecule has 1 aromatic carbocycles. The fraction of sp³-hybridized carbons (Fsp3) is 0. The second-order valence-corrected chi connectivity index (χ2v) is 3.61. The van der Waals surface area contributed by atoms with Crippen molar-refractivity contribution < 1.29 is 0 Å². The highest BCUT2D eigenvalue weighted by Crippen LogP contribution is 2.01. The summed E-state index contributed by atoms with van der Waals surface area (Å²) in [6.07, 6.45) is 6.36. The van der Waals surface area contributed by atoms with Crippen LogP contribution >= 0.6 is 0 Å². The Morgan fingerprint density at radius 2 is 1.91 bits per heavy atom. The molecule has 0 N–H and O–H groups in total. The molecule has 0 fully saturated rings. The summed E-state index contributed by atoms with van der Waals surface area (Å²) in [5, 5.41) is 1.44. The van der Waals surface area contributed by atoms with E-state index in [-0.39, 0.29) is 0 Å². The summed E-state index contributed by atoms with van der Waals surface area (Å²) in [6.45, 7) is 0. The van der Waals surface area contributed by atoms with E-state index in [2.05, 4.69) is 48.2 Å². The van der Waals surface area contributed by atoms with Gasteiger partial charge in [0.2, 0.25) is 0 Å². The summed E-state index contributed by atoms with van der Waals surface area (Å²) >= 11 is 0. The molecule has 1 heteroatoms. The van der Waals surface area contributed by atoms with Crippen molar-refractivity contribution in [2.45, 2.75) is 0 Å². The third-order valence-corrected chi connectivity index (χ3v) is 2.81. The minimum atomic E-state index is 0.823. The second kappa shape index (κ2) is 2.89. The van der Waals surface area contributed by atoms with Crippen molar-refractivity contribution in [3.05, 3.63) is 47.7 Å². The van der Waals surface area contributed by atoms with E-state index >= 15 is 0 Å². The Morgan fingerprint density at radius 3 is 2.91 bits per heavy atom. The van der Waals surface area contributed by atoms with Crippen molar-refractivity contribution in [2.24, 2.45) is 0 Å². The average Bonchev–Trinajstić information content (AvgIpc) is 2.28. The molecule has 0 bridgehead atoms. The van der Waals surface area contributed by atoms with Crippen molar-refractivity contribution in [1.82, 2.24) is 0 Å². The molecule has 52 valence electrons. The fourth-order valence-electron chi connectivity index (χ4n) is 1.13. The van der Waals surface area contributed by atoms with Gasteiger partial charge >= 0.3 is 0 Å². The van der Waals surface area contributed by atoms with Crippen LogP contribution in [0.3, 0.4) is 0 Å². The number of fused-ring (bicyclic) bond motifs is 1. The van der Waals surface area contributed by atoms with Crippen LogP contribution in [0.1, 0.15) is 5.56 Å². The van der Waals surface area contributed by atoms with Crippen molar-refractivity contribution >= 4 is 20.8 Å². The standard InChI is InChI=1S/C10H8Si/c1-2-7-10-9(5-1)6-3-4-8-11-10/h1-8H. The van der Waals surface area contributed by atoms with Gasteiger partial charge in [-0.15, -0.1) is 0 Å². The van der Waals surface area contributed by atoms with Crippen LogP contribution in [0.5, 0.6) is 0 Å². The lowest BCUT2D eigenvalue weighted by Gasteiger charge is -1.98. The molecule has 1 aliphatic rings. The second-order valence-electron chi connectivity index (χ2n) is 2.45. The third kappa shape index (κ3) is 1.33. The lowest BCUT2D eigenvalue weighted by molar-refractivity contribution is 1.72. The first-order valence-electron chi connectivity index (χ1n) is 3.65. The van der Waals surface area contributed by atoms with Gasteiger partial charge in [-0.3, -0.25) is 0 Å². The van der Waals surface area contributed by atoms with E-state index in [1.54, 1.807) is 0 Å². The monoisotopic (exact) mass is 156 g/mol. The number of hydrogen-bond acceptors (Lipinski definition) is 0. The van der Waals surface area contributed by atoms with Gasteiger partial charge in [0.05, 0.1) is 0 Å².